The van der Waals surface area contributed by atoms with Crippen LogP contribution in [0.3, 0.4) is 0 Å². The molecule has 0 fully saturated rings. The van der Waals surface area contributed by atoms with Crippen LogP contribution in [0.1, 0.15) is 10.5 Å². The Hall–Kier alpha value is -2.07. The molecule has 0 N–H and O–H groups in total. The van der Waals surface area contributed by atoms with Gasteiger partial charge in [-0.3, -0.25) is 4.79 Å². The fraction of sp³-hybridized carbons (Fsp3) is 0.182. The average molecular weight is 322 g/mol. The molecule has 0 unspecified atom stereocenters. The van der Waals surface area contributed by atoms with Gasteiger partial charge >= 0.3 is 5.51 Å². The number of carbonyl (C=O) groups excluding carboxylic acids is 1. The van der Waals surface area contributed by atoms with E-state index in [4.69, 9.17) is 13.0 Å². The Morgan fingerprint density at radius 2 is 1.81 bits per heavy atom. The standard InChI is InChI=1S/C10H9N2O.CHF3O3S/c1-12-6-8(7-13)11-9-4-2-3-5-10(9)12;2-1(3,4)8(5,6)7/h2-7H,1H3;(H,5,6,7)/q+1;/p-1. The molecule has 0 amide bonds. The fourth-order valence-electron chi connectivity index (χ4n) is 1.35. The molecule has 0 saturated heterocycles. The Bertz CT molecular complexity index is 760. The number of benzene rings is 1. The number of alkyl halides is 3. The van der Waals surface area contributed by atoms with E-state index in [0.717, 1.165) is 17.3 Å². The van der Waals surface area contributed by atoms with E-state index in [1.165, 1.54) is 0 Å². The van der Waals surface area contributed by atoms with Crippen molar-refractivity contribution in [1.29, 1.82) is 0 Å². The van der Waals surface area contributed by atoms with Gasteiger partial charge in [0, 0.05) is 6.07 Å². The number of hydrogen-bond donors (Lipinski definition) is 0. The second-order valence-electron chi connectivity index (χ2n) is 3.78. The number of para-hydroxylation sites is 2. The molecule has 114 valence electrons. The Balaban J connectivity index is 0.000000240. The molecule has 2 aromatic rings. The molecule has 6 nitrogen and oxygen atoms in total. The number of aryl methyl sites for hydroxylation is 1. The van der Waals surface area contributed by atoms with Crippen LogP contribution >= 0.6 is 0 Å². The quantitative estimate of drug-likeness (QED) is 0.337. The summed E-state index contributed by atoms with van der Waals surface area (Å²) in [6, 6.07) is 7.72. The van der Waals surface area contributed by atoms with Crippen molar-refractivity contribution < 1.29 is 35.5 Å². The van der Waals surface area contributed by atoms with E-state index in [0.29, 0.717) is 5.69 Å². The predicted octanol–water partition coefficient (Wildman–Crippen LogP) is 0.923. The van der Waals surface area contributed by atoms with Crippen LogP contribution < -0.4 is 4.57 Å². The minimum atomic E-state index is -6.09. The summed E-state index contributed by atoms with van der Waals surface area (Å²) in [6.07, 6.45) is 2.47. The highest BCUT2D eigenvalue weighted by atomic mass is 32.2. The first kappa shape index (κ1) is 17.0. The zero-order chi connectivity index (χ0) is 16.3. The van der Waals surface area contributed by atoms with Crippen LogP contribution in [0, 0.1) is 0 Å². The first-order chi connectivity index (χ1) is 9.56. The molecule has 0 radical (unpaired) electrons. The number of rotatable bonds is 1. The monoisotopic (exact) mass is 322 g/mol. The molecule has 0 spiro atoms. The third kappa shape index (κ3) is 4.46. The molecule has 21 heavy (non-hydrogen) atoms. The van der Waals surface area contributed by atoms with E-state index < -0.39 is 15.6 Å². The van der Waals surface area contributed by atoms with E-state index >= 15 is 0 Å². The third-order valence-electron chi connectivity index (χ3n) is 2.24. The first-order valence-electron chi connectivity index (χ1n) is 5.29. The van der Waals surface area contributed by atoms with Crippen LogP contribution in [0.2, 0.25) is 0 Å². The van der Waals surface area contributed by atoms with Crippen molar-refractivity contribution in [2.24, 2.45) is 7.05 Å². The van der Waals surface area contributed by atoms with Crippen molar-refractivity contribution in [2.75, 3.05) is 0 Å². The normalized spacial score (nSPS) is 11.7. The number of nitrogens with zero attached hydrogens (tertiary/aromatic N) is 2. The highest BCUT2D eigenvalue weighted by molar-refractivity contribution is 7.86. The van der Waals surface area contributed by atoms with Gasteiger partial charge in [0.05, 0.1) is 0 Å². The molecule has 0 aliphatic rings. The maximum Gasteiger partial charge on any atom is 0.485 e. The summed E-state index contributed by atoms with van der Waals surface area (Å²) in [5, 5.41) is 0. The minimum Gasteiger partial charge on any atom is -0.741 e. The highest BCUT2D eigenvalue weighted by Crippen LogP contribution is 2.20. The molecule has 1 heterocycles. The van der Waals surface area contributed by atoms with Gasteiger partial charge in [-0.1, -0.05) is 12.1 Å². The van der Waals surface area contributed by atoms with Crippen LogP contribution in [0.4, 0.5) is 13.2 Å². The largest absolute Gasteiger partial charge is 0.741 e. The summed E-state index contributed by atoms with van der Waals surface area (Å²) in [5.41, 5.74) is -3.32. The lowest BCUT2D eigenvalue weighted by Gasteiger charge is -2.08. The Labute approximate surface area is 117 Å². The molecule has 0 saturated carbocycles. The van der Waals surface area contributed by atoms with Gasteiger partial charge in [-0.2, -0.15) is 17.7 Å². The Morgan fingerprint density at radius 3 is 2.29 bits per heavy atom. The van der Waals surface area contributed by atoms with Crippen molar-refractivity contribution in [1.82, 2.24) is 4.98 Å². The van der Waals surface area contributed by atoms with Crippen LogP contribution in [0.25, 0.3) is 11.0 Å². The number of carbonyl (C=O) groups is 1. The van der Waals surface area contributed by atoms with Crippen molar-refractivity contribution >= 4 is 27.4 Å². The molecule has 2 rings (SSSR count). The lowest BCUT2D eigenvalue weighted by molar-refractivity contribution is -0.645. The summed E-state index contributed by atoms with van der Waals surface area (Å²) in [4.78, 5) is 14.7. The summed E-state index contributed by atoms with van der Waals surface area (Å²) in [7, 11) is -4.19. The molecular formula is C11H9F3N2O4S. The lowest BCUT2D eigenvalue weighted by Crippen LogP contribution is -2.29. The zero-order valence-electron chi connectivity index (χ0n) is 10.5. The Morgan fingerprint density at radius 1 is 1.29 bits per heavy atom. The lowest BCUT2D eigenvalue weighted by atomic mass is 10.3. The Kier molecular flexibility index (Phi) is 4.97. The van der Waals surface area contributed by atoms with Gasteiger partial charge in [0.1, 0.15) is 12.6 Å². The molecule has 0 aliphatic carbocycles. The SMILES string of the molecule is C[n+]1cc(C=O)nc2ccccc21.O=S(=O)([O-])C(F)(F)F. The van der Waals surface area contributed by atoms with Crippen molar-refractivity contribution in [3.63, 3.8) is 0 Å². The topological polar surface area (TPSA) is 91.0 Å². The minimum absolute atomic E-state index is 0.459. The molecule has 0 bridgehead atoms. The maximum atomic E-state index is 10.7. The molecule has 1 aromatic heterocycles. The highest BCUT2D eigenvalue weighted by Gasteiger charge is 2.36. The van der Waals surface area contributed by atoms with Gasteiger partial charge in [-0.25, -0.2) is 13.4 Å². The number of hydrogen-bond acceptors (Lipinski definition) is 5. The molecule has 10 heteroatoms. The fourth-order valence-corrected chi connectivity index (χ4v) is 1.35. The zero-order valence-corrected chi connectivity index (χ0v) is 11.4. The van der Waals surface area contributed by atoms with Crippen molar-refractivity contribution in [2.45, 2.75) is 5.51 Å². The summed E-state index contributed by atoms with van der Waals surface area (Å²) in [5.74, 6) is 0. The van der Waals surface area contributed by atoms with Crippen LogP contribution in [0.5, 0.6) is 0 Å². The van der Waals surface area contributed by atoms with E-state index in [-0.39, 0.29) is 0 Å². The number of aromatic nitrogens is 2. The van der Waals surface area contributed by atoms with E-state index in [1.807, 2.05) is 35.9 Å². The third-order valence-corrected chi connectivity index (χ3v) is 2.81. The summed E-state index contributed by atoms with van der Waals surface area (Å²) >= 11 is 0. The molecular weight excluding hydrogens is 313 g/mol. The smallest absolute Gasteiger partial charge is 0.485 e. The van der Waals surface area contributed by atoms with Crippen LogP contribution in [0.15, 0.2) is 30.5 Å². The summed E-state index contributed by atoms with van der Waals surface area (Å²) in [6.45, 7) is 0. The van der Waals surface area contributed by atoms with E-state index in [9.17, 15) is 18.0 Å². The predicted molar refractivity (Wildman–Crippen MR) is 64.1 cm³/mol. The van der Waals surface area contributed by atoms with Gasteiger partial charge in [0.2, 0.25) is 5.52 Å². The van der Waals surface area contributed by atoms with Gasteiger partial charge in [-0.05, 0) is 6.07 Å². The summed E-state index contributed by atoms with van der Waals surface area (Å²) < 4.78 is 60.8. The van der Waals surface area contributed by atoms with Gasteiger partial charge < -0.3 is 4.55 Å². The van der Waals surface area contributed by atoms with Gasteiger partial charge in [-0.15, -0.1) is 0 Å². The van der Waals surface area contributed by atoms with Gasteiger partial charge in [0.15, 0.2) is 28.3 Å². The van der Waals surface area contributed by atoms with Crippen LogP contribution in [-0.4, -0.2) is 29.7 Å². The molecule has 0 atom stereocenters. The maximum absolute atomic E-state index is 10.7. The van der Waals surface area contributed by atoms with E-state index in [2.05, 4.69) is 4.98 Å². The number of fused-ring (bicyclic) bond motifs is 1. The average Bonchev–Trinajstić information content (AvgIpc) is 2.37. The first-order valence-corrected chi connectivity index (χ1v) is 6.70. The van der Waals surface area contributed by atoms with Gasteiger partial charge in [0.25, 0.3) is 0 Å². The van der Waals surface area contributed by atoms with Crippen molar-refractivity contribution in [3.05, 3.63) is 36.2 Å². The molecule has 0 aliphatic heterocycles. The second-order valence-corrected chi connectivity index (χ2v) is 5.15. The number of halogens is 3. The van der Waals surface area contributed by atoms with Crippen molar-refractivity contribution in [3.8, 4) is 0 Å². The van der Waals surface area contributed by atoms with Crippen LogP contribution in [-0.2, 0) is 17.2 Å². The van der Waals surface area contributed by atoms with E-state index in [1.54, 1.807) is 6.20 Å². The molecule has 1 aromatic carbocycles. The number of aldehydes is 1. The second kappa shape index (κ2) is 6.14.